The molecular formula is C8H11ClN2O. The van der Waals surface area contributed by atoms with Gasteiger partial charge in [0.05, 0.1) is 11.2 Å². The molecule has 0 saturated heterocycles. The molecule has 12 heavy (non-hydrogen) atoms. The van der Waals surface area contributed by atoms with Crippen molar-refractivity contribution in [2.75, 3.05) is 6.54 Å². The van der Waals surface area contributed by atoms with Crippen molar-refractivity contribution in [2.24, 2.45) is 5.73 Å². The molecule has 0 spiro atoms. The van der Waals surface area contributed by atoms with E-state index in [1.165, 1.54) is 0 Å². The summed E-state index contributed by atoms with van der Waals surface area (Å²) < 4.78 is 5.37. The molecule has 1 heterocycles. The third-order valence-corrected chi connectivity index (χ3v) is 1.56. The van der Waals surface area contributed by atoms with Crippen molar-refractivity contribution in [3.8, 4) is 5.75 Å². The molecule has 0 fully saturated rings. The van der Waals surface area contributed by atoms with Crippen LogP contribution in [0.1, 0.15) is 6.92 Å². The summed E-state index contributed by atoms with van der Waals surface area (Å²) in [5.41, 5.74) is 5.38. The zero-order valence-corrected chi connectivity index (χ0v) is 7.58. The Morgan fingerprint density at radius 3 is 3.00 bits per heavy atom. The lowest BCUT2D eigenvalue weighted by Crippen LogP contribution is -2.22. The highest BCUT2D eigenvalue weighted by Crippen LogP contribution is 2.15. The van der Waals surface area contributed by atoms with Crippen LogP contribution in [0.4, 0.5) is 0 Å². The molecule has 0 amide bonds. The maximum Gasteiger partial charge on any atom is 0.139 e. The minimum atomic E-state index is -0.00901. The van der Waals surface area contributed by atoms with E-state index in [0.29, 0.717) is 17.3 Å². The summed E-state index contributed by atoms with van der Waals surface area (Å²) in [5, 5.41) is 0.566. The average Bonchev–Trinajstić information content (AvgIpc) is 2.04. The van der Waals surface area contributed by atoms with Gasteiger partial charge in [-0.2, -0.15) is 0 Å². The molecule has 0 aliphatic rings. The molecule has 0 bridgehead atoms. The van der Waals surface area contributed by atoms with Crippen LogP contribution < -0.4 is 10.5 Å². The first-order valence-corrected chi connectivity index (χ1v) is 4.07. The van der Waals surface area contributed by atoms with Crippen molar-refractivity contribution in [1.82, 2.24) is 4.98 Å². The van der Waals surface area contributed by atoms with Crippen molar-refractivity contribution < 1.29 is 4.74 Å². The molecule has 66 valence electrons. The summed E-state index contributed by atoms with van der Waals surface area (Å²) in [5.74, 6) is 0.653. The zero-order valence-electron chi connectivity index (χ0n) is 6.83. The first-order chi connectivity index (χ1) is 5.72. The van der Waals surface area contributed by atoms with E-state index in [9.17, 15) is 0 Å². The molecule has 1 aromatic heterocycles. The summed E-state index contributed by atoms with van der Waals surface area (Å²) in [4.78, 5) is 3.87. The number of nitrogens with zero attached hydrogens (tertiary/aromatic N) is 1. The predicted octanol–water partition coefficient (Wildman–Crippen LogP) is 1.46. The van der Waals surface area contributed by atoms with Crippen LogP contribution >= 0.6 is 11.6 Å². The summed E-state index contributed by atoms with van der Waals surface area (Å²) >= 11 is 5.70. The van der Waals surface area contributed by atoms with Crippen LogP contribution in [0.15, 0.2) is 18.5 Å². The summed E-state index contributed by atoms with van der Waals surface area (Å²) in [6.07, 6.45) is 3.16. The van der Waals surface area contributed by atoms with Crippen LogP contribution in [0.3, 0.4) is 0 Å². The van der Waals surface area contributed by atoms with Crippen LogP contribution in [-0.2, 0) is 0 Å². The maximum atomic E-state index is 5.70. The van der Waals surface area contributed by atoms with Gasteiger partial charge in [-0.15, -0.1) is 0 Å². The molecule has 0 radical (unpaired) electrons. The van der Waals surface area contributed by atoms with Gasteiger partial charge in [-0.3, -0.25) is 4.98 Å². The molecule has 1 aromatic rings. The van der Waals surface area contributed by atoms with E-state index < -0.39 is 0 Å². The third-order valence-electron chi connectivity index (χ3n) is 1.35. The molecule has 2 N–H and O–H groups in total. The maximum absolute atomic E-state index is 5.70. The first-order valence-electron chi connectivity index (χ1n) is 3.69. The first kappa shape index (κ1) is 9.29. The fourth-order valence-electron chi connectivity index (χ4n) is 0.737. The number of aromatic nitrogens is 1. The molecule has 4 heteroatoms. The van der Waals surface area contributed by atoms with Gasteiger partial charge in [0.2, 0.25) is 0 Å². The van der Waals surface area contributed by atoms with Crippen LogP contribution in [0.2, 0.25) is 5.02 Å². The van der Waals surface area contributed by atoms with E-state index in [1.54, 1.807) is 18.5 Å². The highest BCUT2D eigenvalue weighted by atomic mass is 35.5. The average molecular weight is 187 g/mol. The standard InChI is InChI=1S/C8H11ClN2O/c1-6(3-10)12-8-2-7(9)4-11-5-8/h2,4-6H,3,10H2,1H3. The fourth-order valence-corrected chi connectivity index (χ4v) is 0.901. The number of rotatable bonds is 3. The topological polar surface area (TPSA) is 48.1 Å². The lowest BCUT2D eigenvalue weighted by atomic mass is 10.4. The Kier molecular flexibility index (Phi) is 3.31. The lowest BCUT2D eigenvalue weighted by Gasteiger charge is -2.11. The van der Waals surface area contributed by atoms with Gasteiger partial charge in [0, 0.05) is 18.8 Å². The molecule has 1 unspecified atom stereocenters. The number of nitrogens with two attached hydrogens (primary N) is 1. The van der Waals surface area contributed by atoms with E-state index in [4.69, 9.17) is 22.1 Å². The molecule has 3 nitrogen and oxygen atoms in total. The minimum Gasteiger partial charge on any atom is -0.488 e. The van der Waals surface area contributed by atoms with Crippen molar-refractivity contribution in [1.29, 1.82) is 0 Å². The third kappa shape index (κ3) is 2.68. The smallest absolute Gasteiger partial charge is 0.139 e. The minimum absolute atomic E-state index is 0.00901. The van der Waals surface area contributed by atoms with Crippen LogP contribution in [0.25, 0.3) is 0 Å². The summed E-state index contributed by atoms with van der Waals surface area (Å²) in [6, 6.07) is 1.71. The summed E-state index contributed by atoms with van der Waals surface area (Å²) in [7, 11) is 0. The molecular weight excluding hydrogens is 176 g/mol. The van der Waals surface area contributed by atoms with Gasteiger partial charge in [-0.05, 0) is 6.92 Å². The number of halogens is 1. The molecule has 0 aromatic carbocycles. The van der Waals surface area contributed by atoms with Crippen LogP contribution in [-0.4, -0.2) is 17.6 Å². The number of pyridine rings is 1. The Balaban J connectivity index is 2.63. The summed E-state index contributed by atoms with van der Waals surface area (Å²) in [6.45, 7) is 2.37. The Labute approximate surface area is 76.5 Å². The lowest BCUT2D eigenvalue weighted by molar-refractivity contribution is 0.229. The number of ether oxygens (including phenoxy) is 1. The zero-order chi connectivity index (χ0) is 8.97. The second-order valence-corrected chi connectivity index (χ2v) is 2.94. The van der Waals surface area contributed by atoms with E-state index in [1.807, 2.05) is 6.92 Å². The highest BCUT2D eigenvalue weighted by Gasteiger charge is 2.01. The quantitative estimate of drug-likeness (QED) is 0.778. The fraction of sp³-hybridized carbons (Fsp3) is 0.375. The second kappa shape index (κ2) is 4.28. The molecule has 1 atom stereocenters. The van der Waals surface area contributed by atoms with Crippen molar-refractivity contribution >= 4 is 11.6 Å². The normalized spacial score (nSPS) is 12.6. The number of hydrogen-bond acceptors (Lipinski definition) is 3. The van der Waals surface area contributed by atoms with Crippen LogP contribution in [0, 0.1) is 0 Å². The SMILES string of the molecule is CC(CN)Oc1cncc(Cl)c1. The Morgan fingerprint density at radius 2 is 2.42 bits per heavy atom. The van der Waals surface area contributed by atoms with E-state index in [-0.39, 0.29) is 6.10 Å². The van der Waals surface area contributed by atoms with Gasteiger partial charge in [-0.25, -0.2) is 0 Å². The van der Waals surface area contributed by atoms with Gasteiger partial charge in [0.1, 0.15) is 11.9 Å². The van der Waals surface area contributed by atoms with Crippen molar-refractivity contribution in [3.63, 3.8) is 0 Å². The van der Waals surface area contributed by atoms with Gasteiger partial charge in [-0.1, -0.05) is 11.6 Å². The monoisotopic (exact) mass is 186 g/mol. The van der Waals surface area contributed by atoms with Gasteiger partial charge in [0.25, 0.3) is 0 Å². The van der Waals surface area contributed by atoms with E-state index in [2.05, 4.69) is 4.98 Å². The van der Waals surface area contributed by atoms with Gasteiger partial charge in [0.15, 0.2) is 0 Å². The van der Waals surface area contributed by atoms with Gasteiger partial charge < -0.3 is 10.5 Å². The second-order valence-electron chi connectivity index (χ2n) is 2.50. The predicted molar refractivity (Wildman–Crippen MR) is 48.4 cm³/mol. The van der Waals surface area contributed by atoms with Crippen LogP contribution in [0.5, 0.6) is 5.75 Å². The van der Waals surface area contributed by atoms with Gasteiger partial charge >= 0.3 is 0 Å². The molecule has 0 aliphatic carbocycles. The largest absolute Gasteiger partial charge is 0.488 e. The highest BCUT2D eigenvalue weighted by molar-refractivity contribution is 6.30. The Morgan fingerprint density at radius 1 is 1.67 bits per heavy atom. The van der Waals surface area contributed by atoms with Crippen molar-refractivity contribution in [3.05, 3.63) is 23.5 Å². The molecule has 0 aliphatic heterocycles. The van der Waals surface area contributed by atoms with Crippen molar-refractivity contribution in [2.45, 2.75) is 13.0 Å². The number of hydrogen-bond donors (Lipinski definition) is 1. The Hall–Kier alpha value is -0.800. The van der Waals surface area contributed by atoms with E-state index >= 15 is 0 Å². The molecule has 0 saturated carbocycles. The van der Waals surface area contributed by atoms with E-state index in [0.717, 1.165) is 0 Å². The Bertz CT molecular complexity index is 255. The molecule has 1 rings (SSSR count).